The predicted octanol–water partition coefficient (Wildman–Crippen LogP) is 12.0. The van der Waals surface area contributed by atoms with E-state index in [1.165, 1.54) is 0 Å². The SMILES string of the molecule is [2H]c1c([2H])c([2H])c2c(-c3ccc4oc5ccccc5c4c3)c3c([2H])c([2H])c([2H])c([2H])c3c(-c3ccc(-c4cccc5ccccc45)cc3)c2c1[2H]. The van der Waals surface area contributed by atoms with Crippen LogP contribution in [0.2, 0.25) is 0 Å². The summed E-state index contributed by atoms with van der Waals surface area (Å²) in [6.07, 6.45) is 0. The van der Waals surface area contributed by atoms with Crippen LogP contribution >= 0.6 is 0 Å². The molecule has 0 saturated heterocycles. The maximum atomic E-state index is 9.26. The van der Waals surface area contributed by atoms with Crippen molar-refractivity contribution in [1.29, 1.82) is 0 Å². The van der Waals surface area contributed by atoms with Gasteiger partial charge in [0.1, 0.15) is 11.2 Å². The van der Waals surface area contributed by atoms with Crippen LogP contribution in [0.5, 0.6) is 0 Å². The molecule has 0 N–H and O–H groups in total. The topological polar surface area (TPSA) is 13.1 Å². The van der Waals surface area contributed by atoms with Gasteiger partial charge >= 0.3 is 0 Å². The zero-order valence-electron chi connectivity index (χ0n) is 30.8. The highest BCUT2D eigenvalue weighted by atomic mass is 16.3. The maximum Gasteiger partial charge on any atom is 0.135 e. The molecule has 0 radical (unpaired) electrons. The molecule has 0 atom stereocenters. The Morgan fingerprint density at radius 2 is 0.930 bits per heavy atom. The first kappa shape index (κ1) is 17.3. The lowest BCUT2D eigenvalue weighted by Crippen LogP contribution is -1.91. The van der Waals surface area contributed by atoms with Gasteiger partial charge in [0.2, 0.25) is 0 Å². The van der Waals surface area contributed by atoms with E-state index in [2.05, 4.69) is 18.2 Å². The molecular weight excluding hydrogens is 520 g/mol. The van der Waals surface area contributed by atoms with Crippen molar-refractivity contribution in [1.82, 2.24) is 0 Å². The van der Waals surface area contributed by atoms with E-state index >= 15 is 0 Å². The minimum Gasteiger partial charge on any atom is -0.456 e. The first-order valence-electron chi connectivity index (χ1n) is 18.1. The Balaban J connectivity index is 1.43. The summed E-state index contributed by atoms with van der Waals surface area (Å²) in [5, 5.41) is 4.54. The Morgan fingerprint density at radius 1 is 0.395 bits per heavy atom. The van der Waals surface area contributed by atoms with Crippen LogP contribution in [-0.2, 0) is 0 Å². The van der Waals surface area contributed by atoms with E-state index in [0.717, 1.165) is 32.7 Å². The summed E-state index contributed by atoms with van der Waals surface area (Å²) in [7, 11) is 0. The summed E-state index contributed by atoms with van der Waals surface area (Å²) in [6.45, 7) is 0. The van der Waals surface area contributed by atoms with Crippen molar-refractivity contribution in [3.63, 3.8) is 0 Å². The van der Waals surface area contributed by atoms with Gasteiger partial charge in [0.15, 0.2) is 0 Å². The van der Waals surface area contributed by atoms with Crippen LogP contribution in [-0.4, -0.2) is 0 Å². The van der Waals surface area contributed by atoms with Crippen molar-refractivity contribution in [2.45, 2.75) is 0 Å². The Morgan fingerprint density at radius 3 is 1.65 bits per heavy atom. The second kappa shape index (κ2) is 9.44. The molecule has 0 spiro atoms. The van der Waals surface area contributed by atoms with Crippen LogP contribution in [0.1, 0.15) is 11.0 Å². The molecule has 0 fully saturated rings. The van der Waals surface area contributed by atoms with Crippen molar-refractivity contribution in [3.8, 4) is 33.4 Å². The van der Waals surface area contributed by atoms with Gasteiger partial charge in [0.05, 0.1) is 11.0 Å². The monoisotopic (exact) mass is 554 g/mol. The normalized spacial score (nSPS) is 14.3. The number of hydrogen-bond donors (Lipinski definition) is 0. The summed E-state index contributed by atoms with van der Waals surface area (Å²) < 4.78 is 78.0. The molecule has 0 unspecified atom stereocenters. The van der Waals surface area contributed by atoms with Crippen LogP contribution in [0.3, 0.4) is 0 Å². The summed E-state index contributed by atoms with van der Waals surface area (Å²) in [5.74, 6) is 0. The highest BCUT2D eigenvalue weighted by Gasteiger charge is 2.18. The molecule has 0 amide bonds. The zero-order chi connectivity index (χ0) is 35.3. The van der Waals surface area contributed by atoms with Crippen molar-refractivity contribution in [2.24, 2.45) is 0 Å². The summed E-state index contributed by atoms with van der Waals surface area (Å²) >= 11 is 0. The number of furan rings is 1. The highest BCUT2D eigenvalue weighted by molar-refractivity contribution is 6.22. The minimum absolute atomic E-state index is 0.179. The van der Waals surface area contributed by atoms with Gasteiger partial charge in [0, 0.05) is 10.8 Å². The van der Waals surface area contributed by atoms with E-state index in [1.54, 1.807) is 12.1 Å². The Labute approximate surface area is 260 Å². The first-order chi connectivity index (χ1) is 24.7. The maximum absolute atomic E-state index is 9.26. The van der Waals surface area contributed by atoms with Crippen molar-refractivity contribution >= 4 is 54.3 Å². The van der Waals surface area contributed by atoms with Crippen molar-refractivity contribution < 1.29 is 15.4 Å². The molecule has 1 nitrogen and oxygen atoms in total. The molecule has 0 aliphatic heterocycles. The van der Waals surface area contributed by atoms with E-state index in [-0.39, 0.29) is 45.7 Å². The second-order valence-electron chi connectivity index (χ2n) is 10.7. The van der Waals surface area contributed by atoms with E-state index in [0.29, 0.717) is 33.4 Å². The third kappa shape index (κ3) is 3.72. The molecule has 9 aromatic rings. The lowest BCUT2D eigenvalue weighted by atomic mass is 9.85. The average molecular weight is 555 g/mol. The summed E-state index contributed by atoms with van der Waals surface area (Å²) in [4.78, 5) is 0. The molecule has 1 heteroatoms. The molecule has 9 rings (SSSR count). The van der Waals surface area contributed by atoms with E-state index in [1.807, 2.05) is 78.9 Å². The number of hydrogen-bond acceptors (Lipinski definition) is 1. The largest absolute Gasteiger partial charge is 0.456 e. The smallest absolute Gasteiger partial charge is 0.135 e. The molecule has 1 heterocycles. The third-order valence-electron chi connectivity index (χ3n) is 8.31. The quantitative estimate of drug-likeness (QED) is 0.198. The Bertz CT molecular complexity index is 2860. The number of rotatable bonds is 3. The third-order valence-corrected chi connectivity index (χ3v) is 8.31. The van der Waals surface area contributed by atoms with Crippen LogP contribution < -0.4 is 0 Å². The van der Waals surface area contributed by atoms with Gasteiger partial charge in [-0.2, -0.15) is 0 Å². The number of fused-ring (bicyclic) bond motifs is 6. The summed E-state index contributed by atoms with van der Waals surface area (Å²) in [6, 6.07) is 32.0. The zero-order valence-corrected chi connectivity index (χ0v) is 22.8. The van der Waals surface area contributed by atoms with Gasteiger partial charge < -0.3 is 4.42 Å². The lowest BCUT2D eigenvalue weighted by Gasteiger charge is -2.18. The molecule has 0 saturated carbocycles. The van der Waals surface area contributed by atoms with Gasteiger partial charge in [0.25, 0.3) is 0 Å². The molecular formula is C42H26O. The van der Waals surface area contributed by atoms with E-state index < -0.39 is 24.2 Å². The van der Waals surface area contributed by atoms with Crippen LogP contribution in [0.25, 0.3) is 87.6 Å². The van der Waals surface area contributed by atoms with Gasteiger partial charge in [-0.3, -0.25) is 0 Å². The molecule has 8 aromatic carbocycles. The fourth-order valence-electron chi connectivity index (χ4n) is 6.38. The highest BCUT2D eigenvalue weighted by Crippen LogP contribution is 2.45. The second-order valence-corrected chi connectivity index (χ2v) is 10.7. The minimum atomic E-state index is -0.430. The van der Waals surface area contributed by atoms with Crippen molar-refractivity contribution in [2.75, 3.05) is 0 Å². The van der Waals surface area contributed by atoms with Crippen LogP contribution in [0.4, 0.5) is 0 Å². The fraction of sp³-hybridized carbons (Fsp3) is 0. The fourth-order valence-corrected chi connectivity index (χ4v) is 6.38. The first-order valence-corrected chi connectivity index (χ1v) is 14.1. The van der Waals surface area contributed by atoms with Gasteiger partial charge in [-0.15, -0.1) is 0 Å². The van der Waals surface area contributed by atoms with E-state index in [9.17, 15) is 5.48 Å². The molecule has 1 aromatic heterocycles. The Hall–Kier alpha value is -5.66. The van der Waals surface area contributed by atoms with Gasteiger partial charge in [-0.1, -0.05) is 139 Å². The molecule has 200 valence electrons. The van der Waals surface area contributed by atoms with Gasteiger partial charge in [-0.25, -0.2) is 0 Å². The number of benzene rings is 8. The Kier molecular flexibility index (Phi) is 3.80. The van der Waals surface area contributed by atoms with Crippen LogP contribution in [0.15, 0.2) is 162 Å². The van der Waals surface area contributed by atoms with Crippen LogP contribution in [0, 0.1) is 0 Å². The number of para-hydroxylation sites is 1. The molecule has 43 heavy (non-hydrogen) atoms. The molecule has 0 bridgehead atoms. The van der Waals surface area contributed by atoms with E-state index in [4.69, 9.17) is 9.90 Å². The standard InChI is InChI=1S/C42H26O/c1-2-12-31-27(10-1)11-9-18-32(31)28-20-22-29(23-21-28)41-34-14-3-5-16-36(34)42(37-17-6-4-15-35(37)41)30-24-25-40-38(26-30)33-13-7-8-19-39(33)43-40/h1-26H/i3D,4D,5D,6D,14D,15D,16D,17D. The summed E-state index contributed by atoms with van der Waals surface area (Å²) in [5.41, 5.74) is 5.00. The lowest BCUT2D eigenvalue weighted by molar-refractivity contribution is 0.669. The van der Waals surface area contributed by atoms with Crippen molar-refractivity contribution in [3.05, 3.63) is 158 Å². The van der Waals surface area contributed by atoms with Gasteiger partial charge in [-0.05, 0) is 83.9 Å². The molecule has 0 aliphatic rings. The average Bonchev–Trinajstić information content (AvgIpc) is 3.54. The molecule has 0 aliphatic carbocycles. The predicted molar refractivity (Wildman–Crippen MR) is 183 cm³/mol.